The third-order valence-corrected chi connectivity index (χ3v) is 3.93. The van der Waals surface area contributed by atoms with Gasteiger partial charge in [0, 0.05) is 17.8 Å². The zero-order valence-corrected chi connectivity index (χ0v) is 12.7. The topological polar surface area (TPSA) is 73.2 Å². The molecule has 1 saturated heterocycles. The first-order chi connectivity index (χ1) is 11.6. The third kappa shape index (κ3) is 3.10. The first kappa shape index (κ1) is 15.7. The number of halogens is 1. The molecular formula is C18H14FN3O2. The normalized spacial score (nSPS) is 16.8. The summed E-state index contributed by atoms with van der Waals surface area (Å²) in [6, 6.07) is 13.2. The van der Waals surface area contributed by atoms with E-state index in [0.29, 0.717) is 29.8 Å². The van der Waals surface area contributed by atoms with Gasteiger partial charge in [0.05, 0.1) is 11.6 Å². The van der Waals surface area contributed by atoms with Crippen molar-refractivity contribution < 1.29 is 14.0 Å². The Bertz CT molecular complexity index is 810. The molecule has 3 rings (SSSR count). The van der Waals surface area contributed by atoms with Crippen LogP contribution in [-0.4, -0.2) is 24.4 Å². The van der Waals surface area contributed by atoms with Gasteiger partial charge >= 0.3 is 0 Å². The molecule has 0 aliphatic carbocycles. The number of nitrogens with zero attached hydrogens (tertiary/aromatic N) is 2. The number of anilines is 1. The highest BCUT2D eigenvalue weighted by molar-refractivity contribution is 6.03. The van der Waals surface area contributed by atoms with Gasteiger partial charge in [-0.25, -0.2) is 4.39 Å². The molecule has 120 valence electrons. The van der Waals surface area contributed by atoms with Crippen molar-refractivity contribution in [3.8, 4) is 6.07 Å². The van der Waals surface area contributed by atoms with Gasteiger partial charge in [-0.1, -0.05) is 0 Å². The van der Waals surface area contributed by atoms with Crippen molar-refractivity contribution in [3.63, 3.8) is 0 Å². The summed E-state index contributed by atoms with van der Waals surface area (Å²) in [7, 11) is 0. The van der Waals surface area contributed by atoms with E-state index in [2.05, 4.69) is 5.32 Å². The van der Waals surface area contributed by atoms with Crippen LogP contribution in [0.4, 0.5) is 10.1 Å². The van der Waals surface area contributed by atoms with Gasteiger partial charge in [-0.05, 0) is 55.0 Å². The molecule has 0 spiro atoms. The first-order valence-electron chi connectivity index (χ1n) is 7.46. The second kappa shape index (κ2) is 6.50. The van der Waals surface area contributed by atoms with Gasteiger partial charge in [-0.3, -0.25) is 9.59 Å². The maximum Gasteiger partial charge on any atom is 0.251 e. The fourth-order valence-corrected chi connectivity index (χ4v) is 2.63. The summed E-state index contributed by atoms with van der Waals surface area (Å²) in [5, 5.41) is 11.5. The summed E-state index contributed by atoms with van der Waals surface area (Å²) in [5.74, 6) is -0.946. The summed E-state index contributed by atoms with van der Waals surface area (Å²) >= 11 is 0. The van der Waals surface area contributed by atoms with Crippen molar-refractivity contribution >= 4 is 17.5 Å². The van der Waals surface area contributed by atoms with Gasteiger partial charge in [-0.2, -0.15) is 5.26 Å². The van der Waals surface area contributed by atoms with Gasteiger partial charge in [0.1, 0.15) is 11.9 Å². The Kier molecular flexibility index (Phi) is 4.25. The van der Waals surface area contributed by atoms with E-state index in [1.807, 2.05) is 6.07 Å². The molecule has 24 heavy (non-hydrogen) atoms. The van der Waals surface area contributed by atoms with Gasteiger partial charge in [0.15, 0.2) is 0 Å². The first-order valence-corrected chi connectivity index (χ1v) is 7.46. The van der Waals surface area contributed by atoms with Crippen molar-refractivity contribution in [2.24, 2.45) is 0 Å². The van der Waals surface area contributed by atoms with E-state index in [1.165, 1.54) is 29.2 Å². The predicted octanol–water partition coefficient (Wildman–Crippen LogP) is 2.23. The van der Waals surface area contributed by atoms with Crippen LogP contribution in [0.15, 0.2) is 48.5 Å². The molecule has 1 aliphatic heterocycles. The number of nitriles is 1. The van der Waals surface area contributed by atoms with Crippen molar-refractivity contribution in [3.05, 3.63) is 65.5 Å². The molecule has 1 unspecified atom stereocenters. The third-order valence-electron chi connectivity index (χ3n) is 3.93. The predicted molar refractivity (Wildman–Crippen MR) is 85.8 cm³/mol. The number of hydrogen-bond donors (Lipinski definition) is 1. The van der Waals surface area contributed by atoms with Crippen LogP contribution in [0.5, 0.6) is 0 Å². The fraction of sp³-hybridized carbons (Fsp3) is 0.167. The Morgan fingerprint density at radius 3 is 2.46 bits per heavy atom. The summed E-state index contributed by atoms with van der Waals surface area (Å²) in [6.45, 7) is 0.461. The Morgan fingerprint density at radius 2 is 1.83 bits per heavy atom. The molecule has 0 bridgehead atoms. The lowest BCUT2D eigenvalue weighted by atomic mass is 10.1. The maximum absolute atomic E-state index is 13.0. The van der Waals surface area contributed by atoms with Crippen LogP contribution < -0.4 is 10.2 Å². The SMILES string of the molecule is N#Cc1ccc(C(=O)NC2CCN(c3ccc(F)cc3)C2=O)cc1. The summed E-state index contributed by atoms with van der Waals surface area (Å²) in [4.78, 5) is 26.2. The number of carbonyl (C=O) groups is 2. The second-order valence-corrected chi connectivity index (χ2v) is 5.47. The van der Waals surface area contributed by atoms with Gasteiger partial charge < -0.3 is 10.2 Å². The number of hydrogen-bond acceptors (Lipinski definition) is 3. The Hall–Kier alpha value is -3.20. The number of benzene rings is 2. The molecule has 2 amide bonds. The molecule has 6 heteroatoms. The quantitative estimate of drug-likeness (QED) is 0.941. The van der Waals surface area contributed by atoms with Crippen LogP contribution in [0.2, 0.25) is 0 Å². The Labute approximate surface area is 138 Å². The highest BCUT2D eigenvalue weighted by Crippen LogP contribution is 2.22. The van der Waals surface area contributed by atoms with Gasteiger partial charge in [-0.15, -0.1) is 0 Å². The lowest BCUT2D eigenvalue weighted by Crippen LogP contribution is -2.41. The highest BCUT2D eigenvalue weighted by Gasteiger charge is 2.33. The molecule has 1 heterocycles. The Morgan fingerprint density at radius 1 is 1.17 bits per heavy atom. The molecule has 1 fully saturated rings. The minimum absolute atomic E-state index is 0.219. The average molecular weight is 323 g/mol. The summed E-state index contributed by atoms with van der Waals surface area (Å²) in [6.07, 6.45) is 0.484. The maximum atomic E-state index is 13.0. The zero-order valence-electron chi connectivity index (χ0n) is 12.7. The average Bonchev–Trinajstić information content (AvgIpc) is 2.96. The van der Waals surface area contributed by atoms with Crippen molar-refractivity contribution in [1.29, 1.82) is 5.26 Å². The smallest absolute Gasteiger partial charge is 0.251 e. The van der Waals surface area contributed by atoms with Crippen LogP contribution in [0.25, 0.3) is 0 Å². The number of carbonyl (C=O) groups excluding carboxylic acids is 2. The second-order valence-electron chi connectivity index (χ2n) is 5.47. The fourth-order valence-electron chi connectivity index (χ4n) is 2.63. The molecule has 1 N–H and O–H groups in total. The van der Waals surface area contributed by atoms with Gasteiger partial charge in [0.2, 0.25) is 5.91 Å². The van der Waals surface area contributed by atoms with E-state index < -0.39 is 6.04 Å². The molecule has 0 saturated carbocycles. The number of rotatable bonds is 3. The summed E-state index contributed by atoms with van der Waals surface area (Å²) in [5.41, 5.74) is 1.46. The minimum Gasteiger partial charge on any atom is -0.340 e. The molecule has 0 radical (unpaired) electrons. The van der Waals surface area contributed by atoms with E-state index >= 15 is 0 Å². The van der Waals surface area contributed by atoms with Crippen LogP contribution in [0.3, 0.4) is 0 Å². The van der Waals surface area contributed by atoms with Crippen LogP contribution >= 0.6 is 0 Å². The monoisotopic (exact) mass is 323 g/mol. The minimum atomic E-state index is -0.613. The van der Waals surface area contributed by atoms with Crippen LogP contribution in [0.1, 0.15) is 22.3 Å². The summed E-state index contributed by atoms with van der Waals surface area (Å²) < 4.78 is 13.0. The van der Waals surface area contributed by atoms with E-state index in [9.17, 15) is 14.0 Å². The molecule has 2 aromatic carbocycles. The van der Waals surface area contributed by atoms with E-state index in [0.717, 1.165) is 0 Å². The largest absolute Gasteiger partial charge is 0.340 e. The number of nitrogens with one attached hydrogen (secondary N) is 1. The molecule has 0 aromatic heterocycles. The molecule has 1 atom stereocenters. The van der Waals surface area contributed by atoms with E-state index in [-0.39, 0.29) is 17.6 Å². The van der Waals surface area contributed by atoms with Gasteiger partial charge in [0.25, 0.3) is 5.91 Å². The van der Waals surface area contributed by atoms with Crippen molar-refractivity contribution in [2.75, 3.05) is 11.4 Å². The lowest BCUT2D eigenvalue weighted by Gasteiger charge is -2.17. The molecule has 5 nitrogen and oxygen atoms in total. The van der Waals surface area contributed by atoms with Crippen molar-refractivity contribution in [1.82, 2.24) is 5.32 Å². The van der Waals surface area contributed by atoms with E-state index in [1.54, 1.807) is 24.3 Å². The highest BCUT2D eigenvalue weighted by atomic mass is 19.1. The van der Waals surface area contributed by atoms with Crippen molar-refractivity contribution in [2.45, 2.75) is 12.5 Å². The standard InChI is InChI=1S/C18H14FN3O2/c19-14-5-7-15(8-6-14)22-10-9-16(18(22)24)21-17(23)13-3-1-12(11-20)2-4-13/h1-8,16H,9-10H2,(H,21,23). The van der Waals surface area contributed by atoms with Crippen LogP contribution in [-0.2, 0) is 4.79 Å². The van der Waals surface area contributed by atoms with Crippen LogP contribution in [0, 0.1) is 17.1 Å². The molecular weight excluding hydrogens is 309 g/mol. The number of amides is 2. The Balaban J connectivity index is 1.68. The lowest BCUT2D eigenvalue weighted by molar-refractivity contribution is -0.118. The molecule has 1 aliphatic rings. The van der Waals surface area contributed by atoms with E-state index in [4.69, 9.17) is 5.26 Å². The molecule has 2 aromatic rings. The zero-order chi connectivity index (χ0) is 17.1.